The number of anilines is 1. The van der Waals surface area contributed by atoms with Crippen LogP contribution in [0.1, 0.15) is 11.1 Å². The van der Waals surface area contributed by atoms with Gasteiger partial charge in [-0.15, -0.1) is 0 Å². The Morgan fingerprint density at radius 2 is 1.90 bits per heavy atom. The largest absolute Gasteiger partial charge is 0.464 e. The standard InChI is InChI=1S/C15H8N4O2/c16-6-10-13(11(7-17)15(20)19-14(10)18)9-2-1-8-3-4-21-12(8)5-9/h1-5H,(H3,18,19,20). The molecule has 0 aliphatic heterocycles. The van der Waals surface area contributed by atoms with Gasteiger partial charge in [0.25, 0.3) is 5.56 Å². The first kappa shape index (κ1) is 12.5. The Balaban J connectivity index is 2.43. The highest BCUT2D eigenvalue weighted by Crippen LogP contribution is 2.30. The maximum absolute atomic E-state index is 11.9. The molecule has 0 amide bonds. The molecule has 3 rings (SSSR count). The van der Waals surface area contributed by atoms with E-state index in [0.717, 1.165) is 5.39 Å². The van der Waals surface area contributed by atoms with E-state index in [1.807, 2.05) is 12.1 Å². The maximum atomic E-state index is 11.9. The van der Waals surface area contributed by atoms with Crippen molar-refractivity contribution in [2.75, 3.05) is 5.73 Å². The van der Waals surface area contributed by atoms with E-state index in [1.54, 1.807) is 24.3 Å². The lowest BCUT2D eigenvalue weighted by Gasteiger charge is -2.08. The molecule has 100 valence electrons. The van der Waals surface area contributed by atoms with Gasteiger partial charge in [0.15, 0.2) is 0 Å². The number of nitrogens with zero attached hydrogens (tertiary/aromatic N) is 2. The predicted molar refractivity (Wildman–Crippen MR) is 76.1 cm³/mol. The number of fused-ring (bicyclic) bond motifs is 1. The number of hydrogen-bond donors (Lipinski definition) is 2. The number of nitrogens with two attached hydrogens (primary N) is 1. The minimum absolute atomic E-state index is 0.0592. The van der Waals surface area contributed by atoms with Crippen molar-refractivity contribution in [2.24, 2.45) is 0 Å². The molecule has 0 bridgehead atoms. The second kappa shape index (κ2) is 4.55. The molecule has 2 aromatic heterocycles. The van der Waals surface area contributed by atoms with Gasteiger partial charge in [-0.25, -0.2) is 0 Å². The van der Waals surface area contributed by atoms with Crippen LogP contribution in [0.2, 0.25) is 0 Å². The van der Waals surface area contributed by atoms with E-state index in [-0.39, 0.29) is 22.5 Å². The summed E-state index contributed by atoms with van der Waals surface area (Å²) in [5.41, 5.74) is 6.32. The molecule has 21 heavy (non-hydrogen) atoms. The van der Waals surface area contributed by atoms with E-state index in [2.05, 4.69) is 4.98 Å². The Morgan fingerprint density at radius 3 is 2.62 bits per heavy atom. The summed E-state index contributed by atoms with van der Waals surface area (Å²) in [5, 5.41) is 19.3. The number of benzene rings is 1. The first-order chi connectivity index (χ1) is 10.2. The van der Waals surface area contributed by atoms with Crippen LogP contribution in [-0.4, -0.2) is 4.98 Å². The van der Waals surface area contributed by atoms with Crippen LogP contribution in [0.5, 0.6) is 0 Å². The number of aromatic amines is 1. The molecular formula is C15H8N4O2. The van der Waals surface area contributed by atoms with Gasteiger partial charge >= 0.3 is 0 Å². The van der Waals surface area contributed by atoms with Crippen molar-refractivity contribution in [3.63, 3.8) is 0 Å². The van der Waals surface area contributed by atoms with Crippen molar-refractivity contribution in [1.29, 1.82) is 10.5 Å². The Bertz CT molecular complexity index is 999. The Morgan fingerprint density at radius 1 is 1.14 bits per heavy atom. The zero-order valence-corrected chi connectivity index (χ0v) is 10.7. The third-order valence-corrected chi connectivity index (χ3v) is 3.21. The summed E-state index contributed by atoms with van der Waals surface area (Å²) in [6.45, 7) is 0. The van der Waals surface area contributed by atoms with Gasteiger partial charge in [-0.2, -0.15) is 10.5 Å². The Kier molecular flexibility index (Phi) is 2.71. The molecule has 0 saturated carbocycles. The number of nitrogen functional groups attached to an aromatic ring is 1. The topological polar surface area (TPSA) is 120 Å². The second-order valence-electron chi connectivity index (χ2n) is 4.39. The lowest BCUT2D eigenvalue weighted by atomic mass is 9.96. The molecule has 6 nitrogen and oxygen atoms in total. The number of hydrogen-bond acceptors (Lipinski definition) is 5. The number of nitriles is 2. The number of pyridine rings is 1. The molecule has 0 radical (unpaired) electrons. The van der Waals surface area contributed by atoms with Crippen molar-refractivity contribution in [3.8, 4) is 23.3 Å². The fourth-order valence-electron chi connectivity index (χ4n) is 2.24. The lowest BCUT2D eigenvalue weighted by Crippen LogP contribution is -2.16. The van der Waals surface area contributed by atoms with Crippen molar-refractivity contribution in [2.45, 2.75) is 0 Å². The third kappa shape index (κ3) is 1.83. The fraction of sp³-hybridized carbons (Fsp3) is 0. The van der Waals surface area contributed by atoms with Crippen LogP contribution in [0.4, 0.5) is 5.82 Å². The molecule has 2 heterocycles. The van der Waals surface area contributed by atoms with Crippen molar-refractivity contribution in [3.05, 3.63) is 52.0 Å². The third-order valence-electron chi connectivity index (χ3n) is 3.21. The van der Waals surface area contributed by atoms with E-state index in [0.29, 0.717) is 11.1 Å². The first-order valence-corrected chi connectivity index (χ1v) is 5.99. The fourth-order valence-corrected chi connectivity index (χ4v) is 2.24. The molecule has 3 N–H and O–H groups in total. The van der Waals surface area contributed by atoms with E-state index in [9.17, 15) is 15.3 Å². The lowest BCUT2D eigenvalue weighted by molar-refractivity contribution is 0.616. The molecule has 3 aromatic rings. The molecule has 0 spiro atoms. The number of aromatic nitrogens is 1. The van der Waals surface area contributed by atoms with E-state index < -0.39 is 5.56 Å². The van der Waals surface area contributed by atoms with E-state index >= 15 is 0 Å². The molecule has 0 fully saturated rings. The molecule has 0 unspecified atom stereocenters. The Labute approximate surface area is 118 Å². The zero-order chi connectivity index (χ0) is 15.0. The van der Waals surface area contributed by atoms with Crippen LogP contribution < -0.4 is 11.3 Å². The number of H-pyrrole nitrogens is 1. The summed E-state index contributed by atoms with van der Waals surface area (Å²) in [5.74, 6) is -0.0592. The van der Waals surface area contributed by atoms with Crippen molar-refractivity contribution in [1.82, 2.24) is 4.98 Å². The van der Waals surface area contributed by atoms with Crippen molar-refractivity contribution >= 4 is 16.8 Å². The summed E-state index contributed by atoms with van der Waals surface area (Å²) in [4.78, 5) is 14.2. The van der Waals surface area contributed by atoms with Crippen LogP contribution in [0.3, 0.4) is 0 Å². The molecule has 0 saturated heterocycles. The maximum Gasteiger partial charge on any atom is 0.268 e. The average molecular weight is 276 g/mol. The van der Waals surface area contributed by atoms with Gasteiger partial charge in [0.2, 0.25) is 0 Å². The van der Waals surface area contributed by atoms with Crippen LogP contribution in [0, 0.1) is 22.7 Å². The summed E-state index contributed by atoms with van der Waals surface area (Å²) in [7, 11) is 0. The highest BCUT2D eigenvalue weighted by molar-refractivity contribution is 5.87. The van der Waals surface area contributed by atoms with Gasteiger partial charge in [-0.05, 0) is 17.7 Å². The quantitative estimate of drug-likeness (QED) is 0.705. The zero-order valence-electron chi connectivity index (χ0n) is 10.7. The number of furan rings is 1. The van der Waals surface area contributed by atoms with Gasteiger partial charge in [0.05, 0.1) is 6.26 Å². The summed E-state index contributed by atoms with van der Waals surface area (Å²) < 4.78 is 5.30. The van der Waals surface area contributed by atoms with Crippen LogP contribution in [-0.2, 0) is 0 Å². The van der Waals surface area contributed by atoms with E-state index in [4.69, 9.17) is 10.2 Å². The highest BCUT2D eigenvalue weighted by atomic mass is 16.3. The normalized spacial score (nSPS) is 10.2. The minimum Gasteiger partial charge on any atom is -0.464 e. The SMILES string of the molecule is N#Cc1c(N)[nH]c(=O)c(C#N)c1-c1ccc2ccoc2c1. The molecule has 6 heteroatoms. The van der Waals surface area contributed by atoms with E-state index in [1.165, 1.54) is 6.26 Å². The molecule has 0 aliphatic carbocycles. The molecular weight excluding hydrogens is 268 g/mol. The van der Waals surface area contributed by atoms with Gasteiger partial charge < -0.3 is 15.1 Å². The summed E-state index contributed by atoms with van der Waals surface area (Å²) in [6.07, 6.45) is 1.54. The minimum atomic E-state index is -0.622. The van der Waals surface area contributed by atoms with Crippen LogP contribution in [0.15, 0.2) is 39.7 Å². The monoisotopic (exact) mass is 276 g/mol. The first-order valence-electron chi connectivity index (χ1n) is 5.99. The second-order valence-corrected chi connectivity index (χ2v) is 4.39. The Hall–Kier alpha value is -3.51. The molecule has 0 aliphatic rings. The molecule has 0 atom stereocenters. The van der Waals surface area contributed by atoms with Gasteiger partial charge in [0, 0.05) is 10.9 Å². The van der Waals surface area contributed by atoms with Crippen molar-refractivity contribution < 1.29 is 4.42 Å². The number of rotatable bonds is 1. The van der Waals surface area contributed by atoms with Crippen LogP contribution in [0.25, 0.3) is 22.1 Å². The average Bonchev–Trinajstić information content (AvgIpc) is 2.93. The highest BCUT2D eigenvalue weighted by Gasteiger charge is 2.18. The molecule has 1 aromatic carbocycles. The van der Waals surface area contributed by atoms with Gasteiger partial charge in [0.1, 0.15) is 34.7 Å². The van der Waals surface area contributed by atoms with Gasteiger partial charge in [-0.3, -0.25) is 4.79 Å². The van der Waals surface area contributed by atoms with Gasteiger partial charge in [-0.1, -0.05) is 12.1 Å². The predicted octanol–water partition coefficient (Wildman–Crippen LogP) is 2.11. The summed E-state index contributed by atoms with van der Waals surface area (Å²) in [6, 6.07) is 10.7. The summed E-state index contributed by atoms with van der Waals surface area (Å²) >= 11 is 0. The number of nitrogens with one attached hydrogen (secondary N) is 1. The van der Waals surface area contributed by atoms with Crippen LogP contribution >= 0.6 is 0 Å². The smallest absolute Gasteiger partial charge is 0.268 e.